The van der Waals surface area contributed by atoms with E-state index in [1.807, 2.05) is 6.92 Å². The lowest BCUT2D eigenvalue weighted by Gasteiger charge is -2.22. The molecule has 2 heterocycles. The Morgan fingerprint density at radius 1 is 1.39 bits per heavy atom. The van der Waals surface area contributed by atoms with E-state index in [4.69, 9.17) is 14.0 Å². The molecule has 1 aromatic carbocycles. The number of nitrogens with zero attached hydrogens (tertiary/aromatic N) is 3. The number of hydrogen-bond donors (Lipinski definition) is 1. The number of aryl methyl sites for hydroxylation is 1. The van der Waals surface area contributed by atoms with E-state index in [2.05, 4.69) is 10.6 Å². The summed E-state index contributed by atoms with van der Waals surface area (Å²) in [7, 11) is 1.66. The molecule has 1 aromatic heterocycles. The molecule has 170 valence electrons. The van der Waals surface area contributed by atoms with Crippen molar-refractivity contribution >= 4 is 17.0 Å². The Hall–Kier alpha value is -3.11. The monoisotopic (exact) mass is 442 g/mol. The number of fused-ring (bicyclic) bond motifs is 1. The average molecular weight is 442 g/mol. The number of hydrogen-bond acceptors (Lipinski definition) is 6. The van der Waals surface area contributed by atoms with Gasteiger partial charge in [-0.05, 0) is 31.9 Å². The van der Waals surface area contributed by atoms with Gasteiger partial charge >= 0.3 is 12.2 Å². The van der Waals surface area contributed by atoms with E-state index in [0.29, 0.717) is 42.9 Å². The van der Waals surface area contributed by atoms with Gasteiger partial charge in [0.25, 0.3) is 0 Å². The van der Waals surface area contributed by atoms with Crippen molar-refractivity contribution in [1.82, 2.24) is 20.5 Å². The van der Waals surface area contributed by atoms with Gasteiger partial charge in [-0.15, -0.1) is 0 Å². The van der Waals surface area contributed by atoms with E-state index in [-0.39, 0.29) is 30.3 Å². The minimum Gasteiger partial charge on any atom is -0.493 e. The number of rotatable bonds is 8. The van der Waals surface area contributed by atoms with Crippen molar-refractivity contribution in [1.29, 1.82) is 0 Å². The van der Waals surface area contributed by atoms with Crippen LogP contribution in [0.2, 0.25) is 0 Å². The van der Waals surface area contributed by atoms with E-state index in [1.165, 1.54) is 17.0 Å². The molecule has 0 saturated heterocycles. The molecule has 11 heteroatoms. The van der Waals surface area contributed by atoms with Crippen LogP contribution in [0.4, 0.5) is 18.0 Å². The van der Waals surface area contributed by atoms with Crippen LogP contribution >= 0.6 is 0 Å². The summed E-state index contributed by atoms with van der Waals surface area (Å²) in [5.41, 5.74) is 2.32. The Labute approximate surface area is 177 Å². The number of halogens is 3. The van der Waals surface area contributed by atoms with Crippen LogP contribution in [0.3, 0.4) is 0 Å². The van der Waals surface area contributed by atoms with Gasteiger partial charge < -0.3 is 18.9 Å². The van der Waals surface area contributed by atoms with E-state index in [1.54, 1.807) is 25.2 Å². The first-order valence-corrected chi connectivity index (χ1v) is 9.91. The van der Waals surface area contributed by atoms with Gasteiger partial charge in [0, 0.05) is 19.2 Å². The lowest BCUT2D eigenvalue weighted by molar-refractivity contribution is -0.141. The highest BCUT2D eigenvalue weighted by Crippen LogP contribution is 2.38. The fourth-order valence-corrected chi connectivity index (χ4v) is 3.19. The number of allylic oxidation sites excluding steroid dienone is 1. The van der Waals surface area contributed by atoms with Crippen LogP contribution in [-0.2, 0) is 17.3 Å². The maximum Gasteiger partial charge on any atom is 0.437 e. The first-order valence-electron chi connectivity index (χ1n) is 9.91. The standard InChI is InChI=1S/C20H25F3N4O4/c1-4-6-14-16(8-7-15-17(14)31-25-18(15)20(21,22)23)29-10-5-9-26(3)19(28)24-27-11-13(2)30-12-27/h7-8,11H,4-6,9-10,12H2,1-3H3,(H,24,28). The molecule has 1 aliphatic heterocycles. The summed E-state index contributed by atoms with van der Waals surface area (Å²) < 4.78 is 55.4. The fraction of sp³-hybridized carbons (Fsp3) is 0.500. The summed E-state index contributed by atoms with van der Waals surface area (Å²) in [6.07, 6.45) is -1.17. The molecule has 1 aliphatic rings. The summed E-state index contributed by atoms with van der Waals surface area (Å²) >= 11 is 0. The molecule has 0 radical (unpaired) electrons. The van der Waals surface area contributed by atoms with Crippen molar-refractivity contribution in [2.24, 2.45) is 0 Å². The second kappa shape index (κ2) is 9.36. The van der Waals surface area contributed by atoms with Crippen molar-refractivity contribution < 1.29 is 32.0 Å². The van der Waals surface area contributed by atoms with Crippen molar-refractivity contribution in [3.05, 3.63) is 35.3 Å². The number of alkyl halides is 3. The van der Waals surface area contributed by atoms with Crippen LogP contribution in [0, 0.1) is 0 Å². The molecule has 31 heavy (non-hydrogen) atoms. The Balaban J connectivity index is 1.58. The summed E-state index contributed by atoms with van der Waals surface area (Å²) in [5, 5.41) is 4.68. The Bertz CT molecular complexity index is 958. The number of carbonyl (C=O) groups is 1. The second-order valence-electron chi connectivity index (χ2n) is 7.22. The first-order chi connectivity index (χ1) is 14.7. The van der Waals surface area contributed by atoms with E-state index in [0.717, 1.165) is 0 Å². The van der Waals surface area contributed by atoms with Crippen LogP contribution in [0.5, 0.6) is 5.75 Å². The molecule has 1 N–H and O–H groups in total. The van der Waals surface area contributed by atoms with E-state index >= 15 is 0 Å². The number of aromatic nitrogens is 1. The zero-order chi connectivity index (χ0) is 22.6. The molecule has 2 aromatic rings. The molecule has 3 rings (SSSR count). The third-order valence-electron chi connectivity index (χ3n) is 4.72. The van der Waals surface area contributed by atoms with Crippen molar-refractivity contribution in [3.63, 3.8) is 0 Å². The number of carbonyl (C=O) groups excluding carboxylic acids is 1. The average Bonchev–Trinajstić information content (AvgIpc) is 3.32. The van der Waals surface area contributed by atoms with Crippen LogP contribution < -0.4 is 10.2 Å². The molecule has 0 bridgehead atoms. The van der Waals surface area contributed by atoms with Crippen molar-refractivity contribution in [2.75, 3.05) is 26.9 Å². The number of nitrogens with one attached hydrogen (secondary N) is 1. The van der Waals surface area contributed by atoms with Gasteiger partial charge in [0.05, 0.1) is 18.2 Å². The third kappa shape index (κ3) is 5.33. The number of amides is 2. The summed E-state index contributed by atoms with van der Waals surface area (Å²) in [6.45, 7) is 4.68. The van der Waals surface area contributed by atoms with Gasteiger partial charge in [0.15, 0.2) is 18.0 Å². The fourth-order valence-electron chi connectivity index (χ4n) is 3.19. The third-order valence-corrected chi connectivity index (χ3v) is 4.72. The summed E-state index contributed by atoms with van der Waals surface area (Å²) in [4.78, 5) is 13.7. The highest BCUT2D eigenvalue weighted by atomic mass is 19.4. The minimum absolute atomic E-state index is 0.0742. The van der Waals surface area contributed by atoms with Gasteiger partial charge in [0.1, 0.15) is 11.5 Å². The molecule has 0 spiro atoms. The van der Waals surface area contributed by atoms with Crippen molar-refractivity contribution in [2.45, 2.75) is 39.3 Å². The summed E-state index contributed by atoms with van der Waals surface area (Å²) in [6, 6.07) is 2.54. The van der Waals surface area contributed by atoms with Crippen LogP contribution in [0.1, 0.15) is 37.9 Å². The molecular formula is C20H25F3N4O4. The maximum atomic E-state index is 13.1. The minimum atomic E-state index is -4.59. The number of benzene rings is 1. The Morgan fingerprint density at radius 2 is 2.16 bits per heavy atom. The van der Waals surface area contributed by atoms with Gasteiger partial charge in [0.2, 0.25) is 0 Å². The largest absolute Gasteiger partial charge is 0.493 e. The second-order valence-corrected chi connectivity index (χ2v) is 7.22. The van der Waals surface area contributed by atoms with Crippen LogP contribution in [0.25, 0.3) is 11.0 Å². The SMILES string of the molecule is CCCc1c(OCCCN(C)C(=O)NN2C=C(C)OC2)ccc2c(C(F)(F)F)noc12. The molecule has 0 saturated carbocycles. The zero-order valence-corrected chi connectivity index (χ0v) is 17.6. The van der Waals surface area contributed by atoms with Crippen LogP contribution in [-0.4, -0.2) is 48.0 Å². The number of ether oxygens (including phenoxy) is 2. The van der Waals surface area contributed by atoms with Gasteiger partial charge in [-0.3, -0.25) is 5.01 Å². The van der Waals surface area contributed by atoms with E-state index in [9.17, 15) is 18.0 Å². The smallest absolute Gasteiger partial charge is 0.437 e. The van der Waals surface area contributed by atoms with Crippen LogP contribution in [0.15, 0.2) is 28.6 Å². The molecule has 0 atom stereocenters. The van der Waals surface area contributed by atoms with Gasteiger partial charge in [-0.1, -0.05) is 18.5 Å². The molecular weight excluding hydrogens is 417 g/mol. The topological polar surface area (TPSA) is 80.1 Å². The lowest BCUT2D eigenvalue weighted by Crippen LogP contribution is -2.45. The highest BCUT2D eigenvalue weighted by molar-refractivity contribution is 5.85. The molecule has 2 amide bonds. The summed E-state index contributed by atoms with van der Waals surface area (Å²) in [5.74, 6) is 1.17. The van der Waals surface area contributed by atoms with Gasteiger partial charge in [-0.2, -0.15) is 13.2 Å². The normalized spacial score (nSPS) is 13.9. The maximum absolute atomic E-state index is 13.1. The molecule has 8 nitrogen and oxygen atoms in total. The Morgan fingerprint density at radius 3 is 2.81 bits per heavy atom. The molecule has 0 aliphatic carbocycles. The number of hydrazine groups is 1. The molecule has 0 fully saturated rings. The predicted octanol–water partition coefficient (Wildman–Crippen LogP) is 4.28. The zero-order valence-electron chi connectivity index (χ0n) is 17.6. The molecule has 0 unspecified atom stereocenters. The van der Waals surface area contributed by atoms with Crippen molar-refractivity contribution in [3.8, 4) is 5.75 Å². The quantitative estimate of drug-likeness (QED) is 0.615. The predicted molar refractivity (Wildman–Crippen MR) is 106 cm³/mol. The highest BCUT2D eigenvalue weighted by Gasteiger charge is 2.37. The number of urea groups is 1. The lowest BCUT2D eigenvalue weighted by atomic mass is 10.0. The Kier molecular flexibility index (Phi) is 6.81. The van der Waals surface area contributed by atoms with E-state index < -0.39 is 11.9 Å². The first kappa shape index (κ1) is 22.6. The van der Waals surface area contributed by atoms with Gasteiger partial charge in [-0.25, -0.2) is 10.2 Å².